The van der Waals surface area contributed by atoms with E-state index in [9.17, 15) is 8.42 Å². The second-order valence-corrected chi connectivity index (χ2v) is 7.37. The van der Waals surface area contributed by atoms with Crippen LogP contribution >= 0.6 is 0 Å². The van der Waals surface area contributed by atoms with E-state index in [-0.39, 0.29) is 17.2 Å². The summed E-state index contributed by atoms with van der Waals surface area (Å²) >= 11 is 0. The van der Waals surface area contributed by atoms with Gasteiger partial charge in [-0.2, -0.15) is 0 Å². The van der Waals surface area contributed by atoms with Crippen molar-refractivity contribution >= 4 is 10.0 Å². The van der Waals surface area contributed by atoms with Crippen LogP contribution in [0.15, 0.2) is 0 Å². The predicted molar refractivity (Wildman–Crippen MR) is 66.9 cm³/mol. The molecule has 1 unspecified atom stereocenters. The Labute approximate surface area is 99.2 Å². The molecular formula is C11H24N2O2S. The Morgan fingerprint density at radius 2 is 2.06 bits per heavy atom. The molecule has 16 heavy (non-hydrogen) atoms. The third-order valence-corrected chi connectivity index (χ3v) is 4.67. The second-order valence-electron chi connectivity index (χ2n) is 5.50. The zero-order valence-corrected chi connectivity index (χ0v) is 11.4. The minimum Gasteiger partial charge on any atom is -0.320 e. The van der Waals surface area contributed by atoms with E-state index in [4.69, 9.17) is 0 Å². The van der Waals surface area contributed by atoms with Crippen LogP contribution in [0.4, 0.5) is 0 Å². The molecular weight excluding hydrogens is 224 g/mol. The van der Waals surface area contributed by atoms with Crippen molar-refractivity contribution in [2.75, 3.05) is 19.3 Å². The van der Waals surface area contributed by atoms with E-state index in [1.165, 1.54) is 0 Å². The molecule has 0 aromatic rings. The molecule has 2 N–H and O–H groups in total. The highest BCUT2D eigenvalue weighted by Crippen LogP contribution is 2.37. The van der Waals surface area contributed by atoms with Crippen molar-refractivity contribution in [2.45, 2.75) is 45.6 Å². The van der Waals surface area contributed by atoms with Crippen LogP contribution in [-0.2, 0) is 10.0 Å². The average molecular weight is 248 g/mol. The van der Waals surface area contributed by atoms with Crippen LogP contribution in [0, 0.1) is 5.41 Å². The second kappa shape index (κ2) is 5.47. The number of hydrogen-bond donors (Lipinski definition) is 2. The largest absolute Gasteiger partial charge is 0.320 e. The standard InChI is InChI=1S/C11H24N2O2S/c1-11(2)6-5-10(9-11)13-16(14,15)8-4-7-12-3/h10,12-13H,4-9H2,1-3H3. The van der Waals surface area contributed by atoms with Gasteiger partial charge in [-0.3, -0.25) is 0 Å². The van der Waals surface area contributed by atoms with E-state index in [1.807, 2.05) is 7.05 Å². The lowest BCUT2D eigenvalue weighted by molar-refractivity contribution is 0.372. The van der Waals surface area contributed by atoms with E-state index in [2.05, 4.69) is 23.9 Å². The quantitative estimate of drug-likeness (QED) is 0.692. The minimum atomic E-state index is -3.08. The van der Waals surface area contributed by atoms with Crippen molar-refractivity contribution in [3.05, 3.63) is 0 Å². The van der Waals surface area contributed by atoms with Crippen molar-refractivity contribution < 1.29 is 8.42 Å². The Hall–Kier alpha value is -0.130. The molecule has 0 saturated heterocycles. The summed E-state index contributed by atoms with van der Waals surface area (Å²) in [4.78, 5) is 0. The highest BCUT2D eigenvalue weighted by molar-refractivity contribution is 7.89. The lowest BCUT2D eigenvalue weighted by atomic mass is 9.92. The molecule has 0 heterocycles. The highest BCUT2D eigenvalue weighted by atomic mass is 32.2. The third kappa shape index (κ3) is 4.80. The minimum absolute atomic E-state index is 0.148. The van der Waals surface area contributed by atoms with Crippen LogP contribution in [0.5, 0.6) is 0 Å². The summed E-state index contributed by atoms with van der Waals surface area (Å²) in [7, 11) is -1.24. The van der Waals surface area contributed by atoms with Gasteiger partial charge >= 0.3 is 0 Å². The first-order valence-electron chi connectivity index (χ1n) is 5.99. The van der Waals surface area contributed by atoms with Gasteiger partial charge in [-0.25, -0.2) is 13.1 Å². The SMILES string of the molecule is CNCCCS(=O)(=O)NC1CCC(C)(C)C1. The first-order chi connectivity index (χ1) is 7.35. The Morgan fingerprint density at radius 1 is 1.38 bits per heavy atom. The van der Waals surface area contributed by atoms with Gasteiger partial charge in [0.25, 0.3) is 0 Å². The molecule has 0 aliphatic heterocycles. The molecule has 0 spiro atoms. The smallest absolute Gasteiger partial charge is 0.211 e. The van der Waals surface area contributed by atoms with Gasteiger partial charge in [-0.05, 0) is 44.7 Å². The van der Waals surface area contributed by atoms with Gasteiger partial charge in [0.2, 0.25) is 10.0 Å². The fraction of sp³-hybridized carbons (Fsp3) is 1.00. The lowest BCUT2D eigenvalue weighted by Gasteiger charge is -2.17. The van der Waals surface area contributed by atoms with Gasteiger partial charge < -0.3 is 5.32 Å². The van der Waals surface area contributed by atoms with Crippen molar-refractivity contribution in [2.24, 2.45) is 5.41 Å². The zero-order chi connectivity index (χ0) is 12.2. The molecule has 1 aliphatic carbocycles. The van der Waals surface area contributed by atoms with Crippen LogP contribution in [-0.4, -0.2) is 33.8 Å². The van der Waals surface area contributed by atoms with Crippen molar-refractivity contribution in [1.82, 2.24) is 10.0 Å². The topological polar surface area (TPSA) is 58.2 Å². The van der Waals surface area contributed by atoms with Gasteiger partial charge in [0.15, 0.2) is 0 Å². The van der Waals surface area contributed by atoms with Crippen LogP contribution in [0.25, 0.3) is 0 Å². The van der Waals surface area contributed by atoms with Gasteiger partial charge in [-0.15, -0.1) is 0 Å². The molecule has 0 aromatic carbocycles. The molecule has 1 aliphatic rings. The van der Waals surface area contributed by atoms with Gasteiger partial charge in [0.05, 0.1) is 5.75 Å². The van der Waals surface area contributed by atoms with E-state index in [0.29, 0.717) is 6.42 Å². The Kier molecular flexibility index (Phi) is 4.76. The lowest BCUT2D eigenvalue weighted by Crippen LogP contribution is -2.35. The van der Waals surface area contributed by atoms with E-state index in [1.54, 1.807) is 0 Å². The van der Waals surface area contributed by atoms with Crippen molar-refractivity contribution in [1.29, 1.82) is 0 Å². The molecule has 5 heteroatoms. The molecule has 0 aromatic heterocycles. The predicted octanol–water partition coefficient (Wildman–Crippen LogP) is 1.09. The normalized spacial score (nSPS) is 24.8. The summed E-state index contributed by atoms with van der Waals surface area (Å²) < 4.78 is 26.3. The monoisotopic (exact) mass is 248 g/mol. The van der Waals surface area contributed by atoms with Crippen molar-refractivity contribution in [3.8, 4) is 0 Å². The number of rotatable bonds is 6. The van der Waals surface area contributed by atoms with Crippen LogP contribution in [0.3, 0.4) is 0 Å². The highest BCUT2D eigenvalue weighted by Gasteiger charge is 2.32. The Morgan fingerprint density at radius 3 is 2.56 bits per heavy atom. The number of hydrogen-bond acceptors (Lipinski definition) is 3. The molecule has 1 rings (SSSR count). The summed E-state index contributed by atoms with van der Waals surface area (Å²) in [6.45, 7) is 5.14. The fourth-order valence-electron chi connectivity index (χ4n) is 2.29. The summed E-state index contributed by atoms with van der Waals surface area (Å²) in [5.74, 6) is 0.227. The first kappa shape index (κ1) is 13.9. The molecule has 0 radical (unpaired) electrons. The van der Waals surface area contributed by atoms with E-state index < -0.39 is 10.0 Å². The van der Waals surface area contributed by atoms with Crippen molar-refractivity contribution in [3.63, 3.8) is 0 Å². The molecule has 1 atom stereocenters. The first-order valence-corrected chi connectivity index (χ1v) is 7.64. The van der Waals surface area contributed by atoms with Crippen LogP contribution < -0.4 is 10.0 Å². The summed E-state index contributed by atoms with van der Waals surface area (Å²) in [5, 5.41) is 2.95. The maximum atomic E-state index is 11.7. The maximum absolute atomic E-state index is 11.7. The van der Waals surface area contributed by atoms with E-state index >= 15 is 0 Å². The Balaban J connectivity index is 2.36. The third-order valence-electron chi connectivity index (χ3n) is 3.15. The van der Waals surface area contributed by atoms with E-state index in [0.717, 1.165) is 25.8 Å². The summed E-state index contributed by atoms with van der Waals surface area (Å²) in [6.07, 6.45) is 3.70. The molecule has 4 nitrogen and oxygen atoms in total. The molecule has 1 fully saturated rings. The zero-order valence-electron chi connectivity index (χ0n) is 10.5. The van der Waals surface area contributed by atoms with Gasteiger partial charge in [-0.1, -0.05) is 13.8 Å². The van der Waals surface area contributed by atoms with Crippen LogP contribution in [0.1, 0.15) is 39.5 Å². The van der Waals surface area contributed by atoms with Crippen LogP contribution in [0.2, 0.25) is 0 Å². The fourth-order valence-corrected chi connectivity index (χ4v) is 3.64. The number of nitrogens with one attached hydrogen (secondary N) is 2. The maximum Gasteiger partial charge on any atom is 0.211 e. The summed E-state index contributed by atoms with van der Waals surface area (Å²) in [5.41, 5.74) is 0.290. The molecule has 0 bridgehead atoms. The number of sulfonamides is 1. The summed E-state index contributed by atoms with van der Waals surface area (Å²) in [6, 6.07) is 0.148. The Bertz CT molecular complexity index is 312. The average Bonchev–Trinajstić information content (AvgIpc) is 2.44. The molecule has 96 valence electrons. The molecule has 0 amide bonds. The molecule has 1 saturated carbocycles. The van der Waals surface area contributed by atoms with Gasteiger partial charge in [0, 0.05) is 6.04 Å². The van der Waals surface area contributed by atoms with Gasteiger partial charge in [0.1, 0.15) is 0 Å².